The van der Waals surface area contributed by atoms with Crippen LogP contribution in [0.15, 0.2) is 36.4 Å². The fraction of sp³-hybridized carbons (Fsp3) is 0.111. The van der Waals surface area contributed by atoms with Gasteiger partial charge in [0.25, 0.3) is 5.91 Å². The molecule has 1 aliphatic rings. The van der Waals surface area contributed by atoms with Gasteiger partial charge < -0.3 is 19.5 Å². The molecule has 2 heterocycles. The Labute approximate surface area is 142 Å². The maximum atomic E-state index is 12.5. The zero-order valence-electron chi connectivity index (χ0n) is 13.0. The van der Waals surface area contributed by atoms with Crippen molar-refractivity contribution in [2.24, 2.45) is 0 Å². The van der Waals surface area contributed by atoms with Gasteiger partial charge in [-0.15, -0.1) is 6.42 Å². The number of H-pyrrole nitrogens is 1. The van der Waals surface area contributed by atoms with E-state index in [-0.39, 0.29) is 19.3 Å². The van der Waals surface area contributed by atoms with Gasteiger partial charge in [0.1, 0.15) is 12.4 Å². The Morgan fingerprint density at radius 1 is 1.28 bits per heavy atom. The van der Waals surface area contributed by atoms with Crippen molar-refractivity contribution >= 4 is 22.6 Å². The highest BCUT2D eigenvalue weighted by molar-refractivity contribution is 6.08. The van der Waals surface area contributed by atoms with Crippen molar-refractivity contribution in [1.29, 1.82) is 0 Å². The Morgan fingerprint density at radius 2 is 2.16 bits per heavy atom. The number of ether oxygens (including phenoxy) is 3. The Morgan fingerprint density at radius 3 is 3.04 bits per heavy atom. The van der Waals surface area contributed by atoms with Gasteiger partial charge in [-0.25, -0.2) is 0 Å². The first-order chi connectivity index (χ1) is 12.2. The predicted molar refractivity (Wildman–Crippen MR) is 90.9 cm³/mol. The number of fused-ring (bicyclic) bond motifs is 2. The lowest BCUT2D eigenvalue weighted by Crippen LogP contribution is -2.12. The minimum absolute atomic E-state index is 0.158. The van der Waals surface area contributed by atoms with Crippen LogP contribution in [-0.2, 0) is 0 Å². The minimum Gasteiger partial charge on any atom is -0.481 e. The van der Waals surface area contributed by atoms with Crippen LogP contribution in [0.3, 0.4) is 0 Å². The summed E-state index contributed by atoms with van der Waals surface area (Å²) in [5, 5.41) is 10.5. The second-order valence-electron chi connectivity index (χ2n) is 5.29. The van der Waals surface area contributed by atoms with E-state index in [1.54, 1.807) is 30.3 Å². The number of terminal acetylenes is 1. The minimum atomic E-state index is -0.304. The lowest BCUT2D eigenvalue weighted by molar-refractivity contribution is 0.102. The number of amides is 1. The van der Waals surface area contributed by atoms with Gasteiger partial charge in [0.2, 0.25) is 6.79 Å². The van der Waals surface area contributed by atoms with E-state index >= 15 is 0 Å². The van der Waals surface area contributed by atoms with Crippen LogP contribution in [0.25, 0.3) is 10.9 Å². The van der Waals surface area contributed by atoms with E-state index in [9.17, 15) is 4.79 Å². The average molecular weight is 335 g/mol. The summed E-state index contributed by atoms with van der Waals surface area (Å²) in [6, 6.07) is 10.4. The van der Waals surface area contributed by atoms with Crippen LogP contribution in [0.2, 0.25) is 0 Å². The molecule has 0 bridgehead atoms. The molecule has 3 aromatic rings. The molecule has 2 N–H and O–H groups in total. The number of hydrogen-bond acceptors (Lipinski definition) is 5. The van der Waals surface area contributed by atoms with Crippen molar-refractivity contribution in [1.82, 2.24) is 10.2 Å². The maximum absolute atomic E-state index is 12.5. The van der Waals surface area contributed by atoms with Crippen molar-refractivity contribution in [3.8, 4) is 29.6 Å². The molecule has 0 unspecified atom stereocenters. The number of rotatable bonds is 4. The number of carbonyl (C=O) groups is 1. The van der Waals surface area contributed by atoms with Gasteiger partial charge in [0, 0.05) is 10.9 Å². The fourth-order valence-corrected chi connectivity index (χ4v) is 2.52. The first kappa shape index (κ1) is 14.9. The molecule has 7 nitrogen and oxygen atoms in total. The molecule has 0 aliphatic carbocycles. The summed E-state index contributed by atoms with van der Waals surface area (Å²) in [7, 11) is 0. The third-order valence-corrected chi connectivity index (χ3v) is 3.72. The summed E-state index contributed by atoms with van der Waals surface area (Å²) < 4.78 is 15.9. The van der Waals surface area contributed by atoms with E-state index < -0.39 is 0 Å². The van der Waals surface area contributed by atoms with E-state index in [4.69, 9.17) is 20.6 Å². The maximum Gasteiger partial charge on any atom is 0.257 e. The second-order valence-corrected chi connectivity index (χ2v) is 5.29. The van der Waals surface area contributed by atoms with Crippen LogP contribution in [0.4, 0.5) is 5.82 Å². The van der Waals surface area contributed by atoms with Gasteiger partial charge in [0.15, 0.2) is 17.3 Å². The summed E-state index contributed by atoms with van der Waals surface area (Å²) in [6.45, 7) is 0.326. The Kier molecular flexibility index (Phi) is 3.63. The number of nitrogens with one attached hydrogen (secondary N) is 2. The topological polar surface area (TPSA) is 85.5 Å². The zero-order chi connectivity index (χ0) is 17.2. The molecule has 0 saturated carbocycles. The van der Waals surface area contributed by atoms with Gasteiger partial charge >= 0.3 is 0 Å². The van der Waals surface area contributed by atoms with E-state index in [1.165, 1.54) is 0 Å². The number of nitrogens with zero attached hydrogens (tertiary/aromatic N) is 1. The Hall–Kier alpha value is -3.66. The van der Waals surface area contributed by atoms with Crippen molar-refractivity contribution in [2.75, 3.05) is 18.7 Å². The largest absolute Gasteiger partial charge is 0.481 e. The molecular weight excluding hydrogens is 322 g/mol. The number of anilines is 1. The molecule has 0 fully saturated rings. The molecule has 1 aromatic heterocycles. The van der Waals surface area contributed by atoms with Crippen molar-refractivity contribution in [3.05, 3.63) is 42.0 Å². The van der Waals surface area contributed by atoms with E-state index in [0.717, 1.165) is 10.9 Å². The molecule has 4 rings (SSSR count). The third kappa shape index (κ3) is 2.81. The van der Waals surface area contributed by atoms with Crippen molar-refractivity contribution < 1.29 is 19.0 Å². The normalized spacial score (nSPS) is 12.0. The number of benzene rings is 2. The molecule has 1 aliphatic heterocycles. The summed E-state index contributed by atoms with van der Waals surface area (Å²) in [5.41, 5.74) is 1.22. The van der Waals surface area contributed by atoms with Gasteiger partial charge in [0.05, 0.1) is 5.52 Å². The SMILES string of the molecule is C#CCOc1ccc2[nH]nc(NC(=O)c3ccc4c(c3)OCO4)c2c1. The summed E-state index contributed by atoms with van der Waals surface area (Å²) in [4.78, 5) is 12.5. The zero-order valence-corrected chi connectivity index (χ0v) is 13.0. The molecule has 0 spiro atoms. The quantitative estimate of drug-likeness (QED) is 0.716. The van der Waals surface area contributed by atoms with Crippen molar-refractivity contribution in [2.45, 2.75) is 0 Å². The van der Waals surface area contributed by atoms with Gasteiger partial charge in [-0.2, -0.15) is 5.10 Å². The van der Waals surface area contributed by atoms with E-state index in [0.29, 0.717) is 28.6 Å². The molecule has 0 radical (unpaired) electrons. The molecule has 25 heavy (non-hydrogen) atoms. The van der Waals surface area contributed by atoms with E-state index in [1.807, 2.05) is 6.07 Å². The number of aromatic amines is 1. The molecule has 7 heteroatoms. The van der Waals surface area contributed by atoms with Gasteiger partial charge in [-0.3, -0.25) is 9.89 Å². The van der Waals surface area contributed by atoms with Crippen LogP contribution in [0, 0.1) is 12.3 Å². The van der Waals surface area contributed by atoms with Crippen LogP contribution in [-0.4, -0.2) is 29.5 Å². The molecule has 0 atom stereocenters. The van der Waals surface area contributed by atoms with E-state index in [2.05, 4.69) is 21.4 Å². The summed E-state index contributed by atoms with van der Waals surface area (Å²) >= 11 is 0. The Balaban J connectivity index is 1.59. The summed E-state index contributed by atoms with van der Waals surface area (Å²) in [6.07, 6.45) is 5.20. The molecule has 1 amide bonds. The number of aromatic nitrogens is 2. The Bertz CT molecular complexity index is 1000. The van der Waals surface area contributed by atoms with Crippen LogP contribution >= 0.6 is 0 Å². The van der Waals surface area contributed by atoms with Crippen LogP contribution in [0.1, 0.15) is 10.4 Å². The lowest BCUT2D eigenvalue weighted by atomic mass is 10.2. The van der Waals surface area contributed by atoms with Crippen molar-refractivity contribution in [3.63, 3.8) is 0 Å². The average Bonchev–Trinajstić information content (AvgIpc) is 3.26. The van der Waals surface area contributed by atoms with Crippen LogP contribution in [0.5, 0.6) is 17.2 Å². The molecular formula is C18H13N3O4. The predicted octanol–water partition coefficient (Wildman–Crippen LogP) is 2.56. The number of carbonyl (C=O) groups excluding carboxylic acids is 1. The molecule has 124 valence electrons. The lowest BCUT2D eigenvalue weighted by Gasteiger charge is -2.05. The highest BCUT2D eigenvalue weighted by Crippen LogP contribution is 2.33. The monoisotopic (exact) mass is 335 g/mol. The highest BCUT2D eigenvalue weighted by atomic mass is 16.7. The smallest absolute Gasteiger partial charge is 0.257 e. The van der Waals surface area contributed by atoms with Gasteiger partial charge in [-0.1, -0.05) is 5.92 Å². The third-order valence-electron chi connectivity index (χ3n) is 3.72. The molecule has 2 aromatic carbocycles. The fourth-order valence-electron chi connectivity index (χ4n) is 2.52. The summed E-state index contributed by atoms with van der Waals surface area (Å²) in [5.74, 6) is 4.28. The van der Waals surface area contributed by atoms with Gasteiger partial charge in [-0.05, 0) is 36.4 Å². The first-order valence-corrected chi connectivity index (χ1v) is 7.50. The van der Waals surface area contributed by atoms with Crippen LogP contribution < -0.4 is 19.5 Å². The first-order valence-electron chi connectivity index (χ1n) is 7.50. The molecule has 0 saturated heterocycles. The highest BCUT2D eigenvalue weighted by Gasteiger charge is 2.17. The standard InChI is InChI=1S/C18H13N3O4/c1-2-7-23-12-4-5-14-13(9-12)17(21-20-14)19-18(22)11-3-6-15-16(8-11)25-10-24-15/h1,3-6,8-9H,7,10H2,(H2,19,20,21,22). The number of hydrogen-bond donors (Lipinski definition) is 2. The second kappa shape index (κ2) is 6.09.